The van der Waals surface area contributed by atoms with Crippen molar-refractivity contribution in [2.45, 2.75) is 44.8 Å². The predicted molar refractivity (Wildman–Crippen MR) is 105 cm³/mol. The number of benzene rings is 1. The molecule has 6 heteroatoms. The van der Waals surface area contributed by atoms with Crippen molar-refractivity contribution in [1.29, 1.82) is 0 Å². The third kappa shape index (κ3) is 3.54. The number of hydrogen-bond acceptors (Lipinski definition) is 4. The fourth-order valence-corrected chi connectivity index (χ4v) is 3.85. The van der Waals surface area contributed by atoms with Gasteiger partial charge in [0.2, 0.25) is 6.10 Å². The van der Waals surface area contributed by atoms with Gasteiger partial charge in [0.25, 0.3) is 5.91 Å². The lowest BCUT2D eigenvalue weighted by Crippen LogP contribution is -2.38. The molecule has 6 nitrogen and oxygen atoms in total. The monoisotopic (exact) mass is 380 g/mol. The van der Waals surface area contributed by atoms with Crippen LogP contribution in [-0.4, -0.2) is 22.5 Å². The number of esters is 1. The Kier molecular flexibility index (Phi) is 4.94. The topological polar surface area (TPSA) is 73.5 Å². The number of fused-ring (bicyclic) bond motifs is 1. The Labute approximate surface area is 163 Å². The molecule has 1 fully saturated rings. The quantitative estimate of drug-likeness (QED) is 0.678. The van der Waals surface area contributed by atoms with Crippen molar-refractivity contribution in [3.63, 3.8) is 0 Å². The highest BCUT2D eigenvalue weighted by Gasteiger charge is 2.29. The zero-order valence-electron chi connectivity index (χ0n) is 16.1. The molecule has 1 aromatic carbocycles. The van der Waals surface area contributed by atoms with Gasteiger partial charge in [0, 0.05) is 30.8 Å². The van der Waals surface area contributed by atoms with E-state index < -0.39 is 12.1 Å². The van der Waals surface area contributed by atoms with E-state index in [0.29, 0.717) is 16.8 Å². The van der Waals surface area contributed by atoms with Gasteiger partial charge in [0.1, 0.15) is 11.5 Å². The summed E-state index contributed by atoms with van der Waals surface area (Å²) in [5.41, 5.74) is 2.44. The van der Waals surface area contributed by atoms with Gasteiger partial charge < -0.3 is 19.0 Å². The van der Waals surface area contributed by atoms with Crippen LogP contribution in [0.2, 0.25) is 0 Å². The molecule has 1 atom stereocenters. The number of carbonyl (C=O) groups is 2. The fraction of sp³-hybridized carbons (Fsp3) is 0.364. The lowest BCUT2D eigenvalue weighted by atomic mass is 10.1. The first kappa shape index (κ1) is 18.3. The highest BCUT2D eigenvalue weighted by molar-refractivity contribution is 5.96. The number of hydrogen-bond donors (Lipinski definition) is 1. The third-order valence-electron chi connectivity index (χ3n) is 5.33. The first-order chi connectivity index (χ1) is 13.5. The van der Waals surface area contributed by atoms with Crippen LogP contribution < -0.4 is 5.32 Å². The minimum atomic E-state index is -0.989. The van der Waals surface area contributed by atoms with Crippen molar-refractivity contribution in [2.24, 2.45) is 7.05 Å². The second kappa shape index (κ2) is 7.54. The van der Waals surface area contributed by atoms with Gasteiger partial charge in [-0.3, -0.25) is 4.79 Å². The van der Waals surface area contributed by atoms with Crippen LogP contribution in [-0.2, 0) is 16.6 Å². The highest BCUT2D eigenvalue weighted by Crippen LogP contribution is 2.26. The van der Waals surface area contributed by atoms with Crippen LogP contribution in [0.15, 0.2) is 46.9 Å². The maximum absolute atomic E-state index is 12.9. The number of ether oxygens (including phenoxy) is 1. The fourth-order valence-electron chi connectivity index (χ4n) is 3.85. The van der Waals surface area contributed by atoms with Crippen molar-refractivity contribution in [2.75, 3.05) is 0 Å². The SMILES string of the molecule is Cc1cc2c(cc(C(=O)O[C@@H](C(=O)NC3CCCC3)c3ccccc3)n2C)o1. The minimum absolute atomic E-state index is 0.151. The van der Waals surface area contributed by atoms with Crippen LogP contribution >= 0.6 is 0 Å². The van der Waals surface area contributed by atoms with Crippen LogP contribution in [0.1, 0.15) is 53.6 Å². The van der Waals surface area contributed by atoms with Crippen LogP contribution in [0, 0.1) is 6.92 Å². The minimum Gasteiger partial charge on any atom is -0.460 e. The highest BCUT2D eigenvalue weighted by atomic mass is 16.5. The third-order valence-corrected chi connectivity index (χ3v) is 5.33. The molecule has 1 N–H and O–H groups in total. The summed E-state index contributed by atoms with van der Waals surface area (Å²) in [6, 6.07) is 12.8. The lowest BCUT2D eigenvalue weighted by molar-refractivity contribution is -0.131. The molecule has 0 unspecified atom stereocenters. The average Bonchev–Trinajstić information content (AvgIpc) is 3.39. The van der Waals surface area contributed by atoms with Gasteiger partial charge >= 0.3 is 5.97 Å². The lowest BCUT2D eigenvalue weighted by Gasteiger charge is -2.20. The number of aryl methyl sites for hydroxylation is 2. The maximum Gasteiger partial charge on any atom is 0.356 e. The standard InChI is InChI=1S/C22H24N2O4/c1-14-12-17-19(27-14)13-18(24(17)2)22(26)28-20(15-8-4-3-5-9-15)21(25)23-16-10-6-7-11-16/h3-5,8-9,12-13,16,20H,6-7,10-11H2,1-2H3,(H,23,25)/t20-/m1/s1. The van der Waals surface area contributed by atoms with E-state index in [9.17, 15) is 9.59 Å². The van der Waals surface area contributed by atoms with Crippen LogP contribution in [0.25, 0.3) is 11.1 Å². The van der Waals surface area contributed by atoms with E-state index in [1.807, 2.05) is 31.2 Å². The van der Waals surface area contributed by atoms with Gasteiger partial charge in [0.15, 0.2) is 5.58 Å². The van der Waals surface area contributed by atoms with Crippen LogP contribution in [0.4, 0.5) is 0 Å². The molecule has 0 aliphatic heterocycles. The molecule has 2 aromatic heterocycles. The molecule has 0 bridgehead atoms. The van der Waals surface area contributed by atoms with Crippen molar-refractivity contribution in [3.8, 4) is 0 Å². The summed E-state index contributed by atoms with van der Waals surface area (Å²) in [7, 11) is 1.78. The molecule has 0 spiro atoms. The number of carbonyl (C=O) groups excluding carboxylic acids is 2. The number of aromatic nitrogens is 1. The molecule has 1 aliphatic carbocycles. The summed E-state index contributed by atoms with van der Waals surface area (Å²) < 4.78 is 13.0. The number of rotatable bonds is 5. The Bertz CT molecular complexity index is 996. The summed E-state index contributed by atoms with van der Waals surface area (Å²) in [5, 5.41) is 3.04. The summed E-state index contributed by atoms with van der Waals surface area (Å²) in [5.74, 6) is -0.0548. The summed E-state index contributed by atoms with van der Waals surface area (Å²) in [4.78, 5) is 25.8. The average molecular weight is 380 g/mol. The summed E-state index contributed by atoms with van der Waals surface area (Å²) in [6.45, 7) is 1.86. The van der Waals surface area contributed by atoms with E-state index in [4.69, 9.17) is 9.15 Å². The zero-order valence-corrected chi connectivity index (χ0v) is 16.1. The molecule has 1 saturated carbocycles. The Morgan fingerprint density at radius 1 is 1.18 bits per heavy atom. The van der Waals surface area contributed by atoms with Crippen molar-refractivity contribution < 1.29 is 18.7 Å². The van der Waals surface area contributed by atoms with Gasteiger partial charge in [-0.2, -0.15) is 0 Å². The van der Waals surface area contributed by atoms with Crippen LogP contribution in [0.3, 0.4) is 0 Å². The van der Waals surface area contributed by atoms with Crippen molar-refractivity contribution in [1.82, 2.24) is 9.88 Å². The van der Waals surface area contributed by atoms with E-state index in [1.165, 1.54) is 0 Å². The Morgan fingerprint density at radius 2 is 1.89 bits per heavy atom. The first-order valence-corrected chi connectivity index (χ1v) is 9.65. The van der Waals surface area contributed by atoms with E-state index in [1.54, 1.807) is 29.8 Å². The molecule has 0 saturated heterocycles. The largest absolute Gasteiger partial charge is 0.460 e. The number of furan rings is 1. The number of nitrogens with zero attached hydrogens (tertiary/aromatic N) is 1. The molecule has 28 heavy (non-hydrogen) atoms. The molecular weight excluding hydrogens is 356 g/mol. The second-order valence-electron chi connectivity index (χ2n) is 7.38. The number of nitrogens with one attached hydrogen (secondary N) is 1. The van der Waals surface area contributed by atoms with E-state index in [0.717, 1.165) is 37.0 Å². The van der Waals surface area contributed by atoms with E-state index in [2.05, 4.69) is 5.32 Å². The van der Waals surface area contributed by atoms with Gasteiger partial charge in [-0.05, 0) is 19.8 Å². The van der Waals surface area contributed by atoms with Crippen molar-refractivity contribution >= 4 is 23.0 Å². The second-order valence-corrected chi connectivity index (χ2v) is 7.38. The Balaban J connectivity index is 1.58. The van der Waals surface area contributed by atoms with E-state index in [-0.39, 0.29) is 11.9 Å². The molecule has 1 aliphatic rings. The summed E-state index contributed by atoms with van der Waals surface area (Å²) >= 11 is 0. The Hall–Kier alpha value is -3.02. The molecule has 4 rings (SSSR count). The molecule has 3 aromatic rings. The zero-order chi connectivity index (χ0) is 19.7. The van der Waals surface area contributed by atoms with E-state index >= 15 is 0 Å². The van der Waals surface area contributed by atoms with Gasteiger partial charge in [-0.1, -0.05) is 43.2 Å². The predicted octanol–water partition coefficient (Wildman–Crippen LogP) is 4.04. The molecule has 2 heterocycles. The van der Waals surface area contributed by atoms with Gasteiger partial charge in [0.05, 0.1) is 5.52 Å². The molecule has 0 radical (unpaired) electrons. The molecule has 1 amide bonds. The van der Waals surface area contributed by atoms with Crippen molar-refractivity contribution in [3.05, 3.63) is 59.5 Å². The first-order valence-electron chi connectivity index (χ1n) is 9.65. The molecular formula is C22H24N2O4. The normalized spacial score (nSPS) is 15.6. The van der Waals surface area contributed by atoms with Gasteiger partial charge in [-0.25, -0.2) is 4.79 Å². The maximum atomic E-state index is 12.9. The molecule has 146 valence electrons. The summed E-state index contributed by atoms with van der Waals surface area (Å²) in [6.07, 6.45) is 3.17. The number of amides is 1. The Morgan fingerprint density at radius 3 is 2.57 bits per heavy atom. The van der Waals surface area contributed by atoms with Crippen LogP contribution in [0.5, 0.6) is 0 Å². The van der Waals surface area contributed by atoms with Gasteiger partial charge in [-0.15, -0.1) is 0 Å². The smallest absolute Gasteiger partial charge is 0.356 e.